The van der Waals surface area contributed by atoms with Gasteiger partial charge in [-0.25, -0.2) is 0 Å². The van der Waals surface area contributed by atoms with Crippen molar-refractivity contribution in [3.05, 3.63) is 11.8 Å². The molecule has 1 aromatic rings. The molecule has 0 bridgehead atoms. The van der Waals surface area contributed by atoms with E-state index in [9.17, 15) is 4.79 Å². The lowest BCUT2D eigenvalue weighted by Gasteiger charge is -2.21. The Bertz CT molecular complexity index is 369. The molecule has 5 nitrogen and oxygen atoms in total. The molecular formula is C11H17N3O2. The summed E-state index contributed by atoms with van der Waals surface area (Å²) >= 11 is 0. The largest absolute Gasteiger partial charge is 0.360 e. The maximum absolute atomic E-state index is 11.9. The lowest BCUT2D eigenvalue weighted by molar-refractivity contribution is -0.120. The van der Waals surface area contributed by atoms with Gasteiger partial charge >= 0.3 is 0 Å². The van der Waals surface area contributed by atoms with Crippen LogP contribution in [0.25, 0.3) is 0 Å². The molecule has 16 heavy (non-hydrogen) atoms. The van der Waals surface area contributed by atoms with Crippen molar-refractivity contribution in [2.24, 2.45) is 0 Å². The minimum Gasteiger partial charge on any atom is -0.360 e. The third-order valence-electron chi connectivity index (χ3n) is 2.95. The normalized spacial score (nSPS) is 18.6. The third-order valence-corrected chi connectivity index (χ3v) is 2.95. The van der Waals surface area contributed by atoms with Crippen LogP contribution in [0, 0.1) is 6.92 Å². The molecule has 1 aliphatic heterocycles. The van der Waals surface area contributed by atoms with Crippen LogP contribution in [-0.4, -0.2) is 35.1 Å². The van der Waals surface area contributed by atoms with E-state index in [-0.39, 0.29) is 11.9 Å². The van der Waals surface area contributed by atoms with Crippen molar-refractivity contribution in [2.75, 3.05) is 18.4 Å². The summed E-state index contributed by atoms with van der Waals surface area (Å²) in [5.41, 5.74) is 0. The van der Waals surface area contributed by atoms with E-state index in [4.69, 9.17) is 4.52 Å². The summed E-state index contributed by atoms with van der Waals surface area (Å²) in [6, 6.07) is 1.62. The molecule has 2 rings (SSSR count). The summed E-state index contributed by atoms with van der Waals surface area (Å²) in [6.07, 6.45) is 2.36. The fraction of sp³-hybridized carbons (Fsp3) is 0.636. The second-order valence-electron chi connectivity index (χ2n) is 4.23. The van der Waals surface area contributed by atoms with Gasteiger partial charge in [0.15, 0.2) is 5.82 Å². The average Bonchev–Trinajstić information content (AvgIpc) is 2.88. The van der Waals surface area contributed by atoms with E-state index < -0.39 is 0 Å². The number of hydrogen-bond donors (Lipinski definition) is 1. The summed E-state index contributed by atoms with van der Waals surface area (Å²) in [7, 11) is 0. The third kappa shape index (κ3) is 2.41. The number of likely N-dealkylation sites (tertiary alicyclic amines) is 1. The zero-order chi connectivity index (χ0) is 11.5. The first-order valence-corrected chi connectivity index (χ1v) is 5.65. The van der Waals surface area contributed by atoms with Crippen LogP contribution in [-0.2, 0) is 4.79 Å². The minimum absolute atomic E-state index is 0.0183. The Kier molecular flexibility index (Phi) is 3.24. The zero-order valence-electron chi connectivity index (χ0n) is 9.69. The van der Waals surface area contributed by atoms with Crippen LogP contribution < -0.4 is 5.32 Å². The second kappa shape index (κ2) is 4.65. The van der Waals surface area contributed by atoms with Gasteiger partial charge in [0, 0.05) is 6.07 Å². The number of amides is 1. The van der Waals surface area contributed by atoms with E-state index in [1.807, 2.05) is 6.92 Å². The Balaban J connectivity index is 1.92. The highest BCUT2D eigenvalue weighted by Crippen LogP contribution is 2.13. The zero-order valence-corrected chi connectivity index (χ0v) is 9.69. The highest BCUT2D eigenvalue weighted by molar-refractivity contribution is 5.93. The molecule has 0 aromatic carbocycles. The van der Waals surface area contributed by atoms with Crippen molar-refractivity contribution < 1.29 is 9.32 Å². The van der Waals surface area contributed by atoms with Crippen molar-refractivity contribution in [3.8, 4) is 0 Å². The molecule has 0 radical (unpaired) electrons. The maximum Gasteiger partial charge on any atom is 0.242 e. The van der Waals surface area contributed by atoms with Gasteiger partial charge in [0.25, 0.3) is 0 Å². The number of hydrogen-bond acceptors (Lipinski definition) is 4. The highest BCUT2D eigenvalue weighted by atomic mass is 16.5. The number of aryl methyl sites for hydroxylation is 1. The Hall–Kier alpha value is -1.36. The molecule has 1 fully saturated rings. The maximum atomic E-state index is 11.9. The molecule has 1 atom stereocenters. The summed E-state index contributed by atoms with van der Waals surface area (Å²) in [5.74, 6) is 1.17. The lowest BCUT2D eigenvalue weighted by atomic mass is 10.3. The molecule has 1 unspecified atom stereocenters. The molecule has 2 heterocycles. The Morgan fingerprint density at radius 2 is 2.25 bits per heavy atom. The predicted molar refractivity (Wildman–Crippen MR) is 60.1 cm³/mol. The number of anilines is 1. The average molecular weight is 223 g/mol. The number of nitrogens with zero attached hydrogens (tertiary/aromatic N) is 2. The smallest absolute Gasteiger partial charge is 0.242 e. The summed E-state index contributed by atoms with van der Waals surface area (Å²) in [5, 5.41) is 6.49. The van der Waals surface area contributed by atoms with Gasteiger partial charge in [0.05, 0.1) is 6.04 Å². The van der Waals surface area contributed by atoms with Gasteiger partial charge in [-0.15, -0.1) is 0 Å². The van der Waals surface area contributed by atoms with E-state index in [0.29, 0.717) is 11.6 Å². The van der Waals surface area contributed by atoms with Gasteiger partial charge in [-0.3, -0.25) is 9.69 Å². The Morgan fingerprint density at radius 1 is 1.56 bits per heavy atom. The van der Waals surface area contributed by atoms with Crippen LogP contribution in [0.15, 0.2) is 10.6 Å². The quantitative estimate of drug-likeness (QED) is 0.841. The van der Waals surface area contributed by atoms with Gasteiger partial charge in [0.2, 0.25) is 5.91 Å². The summed E-state index contributed by atoms with van der Waals surface area (Å²) in [4.78, 5) is 14.1. The van der Waals surface area contributed by atoms with Gasteiger partial charge in [0.1, 0.15) is 5.76 Å². The molecule has 1 N–H and O–H groups in total. The van der Waals surface area contributed by atoms with Crippen molar-refractivity contribution >= 4 is 11.7 Å². The van der Waals surface area contributed by atoms with Crippen molar-refractivity contribution in [1.29, 1.82) is 0 Å². The van der Waals surface area contributed by atoms with Crippen LogP contribution in [0.2, 0.25) is 0 Å². The number of rotatable bonds is 3. The first kappa shape index (κ1) is 11.1. The van der Waals surface area contributed by atoms with Crippen LogP contribution in [0.3, 0.4) is 0 Å². The Labute approximate surface area is 94.8 Å². The SMILES string of the molecule is Cc1cc(NC(=O)C(C)N2CCCC2)no1. The minimum atomic E-state index is -0.0977. The number of nitrogens with one attached hydrogen (secondary N) is 1. The van der Waals surface area contributed by atoms with Gasteiger partial charge < -0.3 is 9.84 Å². The number of aromatic nitrogens is 1. The highest BCUT2D eigenvalue weighted by Gasteiger charge is 2.24. The van der Waals surface area contributed by atoms with E-state index in [2.05, 4.69) is 15.4 Å². The first-order valence-electron chi connectivity index (χ1n) is 5.65. The van der Waals surface area contributed by atoms with E-state index in [0.717, 1.165) is 13.1 Å². The summed E-state index contributed by atoms with van der Waals surface area (Å²) < 4.78 is 4.89. The topological polar surface area (TPSA) is 58.4 Å². The molecular weight excluding hydrogens is 206 g/mol. The second-order valence-corrected chi connectivity index (χ2v) is 4.23. The van der Waals surface area contributed by atoms with E-state index in [1.54, 1.807) is 13.0 Å². The van der Waals surface area contributed by atoms with Crippen LogP contribution in [0.4, 0.5) is 5.82 Å². The van der Waals surface area contributed by atoms with Gasteiger partial charge in [-0.05, 0) is 39.8 Å². The molecule has 1 amide bonds. The van der Waals surface area contributed by atoms with Crippen LogP contribution in [0.1, 0.15) is 25.5 Å². The fourth-order valence-electron chi connectivity index (χ4n) is 1.95. The monoisotopic (exact) mass is 223 g/mol. The molecule has 0 saturated carbocycles. The van der Waals surface area contributed by atoms with E-state index >= 15 is 0 Å². The lowest BCUT2D eigenvalue weighted by Crippen LogP contribution is -2.40. The number of carbonyl (C=O) groups excluding carboxylic acids is 1. The Morgan fingerprint density at radius 3 is 2.81 bits per heavy atom. The molecule has 1 aromatic heterocycles. The van der Waals surface area contributed by atoms with E-state index in [1.165, 1.54) is 12.8 Å². The van der Waals surface area contributed by atoms with Gasteiger partial charge in [-0.2, -0.15) is 0 Å². The first-order chi connectivity index (χ1) is 7.66. The fourth-order valence-corrected chi connectivity index (χ4v) is 1.95. The summed E-state index contributed by atoms with van der Waals surface area (Å²) in [6.45, 7) is 5.74. The molecule has 5 heteroatoms. The predicted octanol–water partition coefficient (Wildman–Crippen LogP) is 1.41. The van der Waals surface area contributed by atoms with Crippen LogP contribution >= 0.6 is 0 Å². The molecule has 0 spiro atoms. The number of carbonyl (C=O) groups is 1. The van der Waals surface area contributed by atoms with Crippen molar-refractivity contribution in [1.82, 2.24) is 10.1 Å². The molecule has 1 aliphatic rings. The van der Waals surface area contributed by atoms with Gasteiger partial charge in [-0.1, -0.05) is 5.16 Å². The van der Waals surface area contributed by atoms with Crippen LogP contribution in [0.5, 0.6) is 0 Å². The molecule has 88 valence electrons. The molecule has 0 aliphatic carbocycles. The standard InChI is InChI=1S/C11H17N3O2/c1-8-7-10(13-16-8)12-11(15)9(2)14-5-3-4-6-14/h7,9H,3-6H2,1-2H3,(H,12,13,15). The molecule has 1 saturated heterocycles. The van der Waals surface area contributed by atoms with Crippen molar-refractivity contribution in [3.63, 3.8) is 0 Å². The van der Waals surface area contributed by atoms with Crippen molar-refractivity contribution in [2.45, 2.75) is 32.7 Å².